The van der Waals surface area contributed by atoms with Gasteiger partial charge in [-0.2, -0.15) is 10.2 Å². The number of rotatable bonds is 21. The van der Waals surface area contributed by atoms with Crippen molar-refractivity contribution in [1.29, 1.82) is 0 Å². The number of aryl methyl sites for hydroxylation is 2. The second kappa shape index (κ2) is 27.2. The van der Waals surface area contributed by atoms with Crippen LogP contribution in [0.15, 0.2) is 132 Å². The highest BCUT2D eigenvalue weighted by atomic mass is 16.5. The van der Waals surface area contributed by atoms with Crippen LogP contribution >= 0.6 is 0 Å². The molecule has 0 unspecified atom stereocenters. The molecule has 0 aliphatic heterocycles. The van der Waals surface area contributed by atoms with E-state index in [9.17, 15) is 78.0 Å². The van der Waals surface area contributed by atoms with E-state index in [1.807, 2.05) is 0 Å². The van der Waals surface area contributed by atoms with Gasteiger partial charge in [-0.25, -0.2) is 38.4 Å². The summed E-state index contributed by atoms with van der Waals surface area (Å²) in [5.74, 6) is -10.2. The van der Waals surface area contributed by atoms with Crippen molar-refractivity contribution in [1.82, 2.24) is 0 Å². The topological polar surface area (TPSA) is 428 Å². The Labute approximate surface area is 458 Å². The summed E-state index contributed by atoms with van der Waals surface area (Å²) in [6.45, 7) is 4.14. The smallest absolute Gasteiger partial charge is 0.335 e. The first kappa shape index (κ1) is 60.6. The summed E-state index contributed by atoms with van der Waals surface area (Å²) in [6.07, 6.45) is 0. The van der Waals surface area contributed by atoms with Crippen LogP contribution in [0.1, 0.15) is 94.0 Å². The number of carbonyl (C=O) groups excluding carboxylic acids is 4. The summed E-state index contributed by atoms with van der Waals surface area (Å²) >= 11 is 0. The number of nitrogens with zero attached hydrogens (tertiary/aromatic N) is 2. The molecule has 0 aliphatic rings. The second-order valence-corrected chi connectivity index (χ2v) is 16.5. The Morgan fingerprint density at radius 3 is 0.768 bits per heavy atom. The second-order valence-electron chi connectivity index (χ2n) is 16.5. The molecule has 26 nitrogen and oxygen atoms in total. The molecular formula is C56H38N2O24. The highest BCUT2D eigenvalue weighted by Gasteiger charge is 2.19. The molecule has 0 bridgehead atoms. The van der Waals surface area contributed by atoms with E-state index in [0.717, 1.165) is 36.4 Å². The highest BCUT2D eigenvalue weighted by Crippen LogP contribution is 2.35. The minimum absolute atomic E-state index is 0.0261. The number of carbonyl (C=O) groups is 12. The van der Waals surface area contributed by atoms with Gasteiger partial charge >= 0.3 is 47.8 Å². The van der Waals surface area contributed by atoms with Crippen LogP contribution in [0.2, 0.25) is 0 Å². The maximum Gasteiger partial charge on any atom is 0.335 e. The third-order valence-electron chi connectivity index (χ3n) is 11.0. The fourth-order valence-corrected chi connectivity index (χ4v) is 7.42. The van der Waals surface area contributed by atoms with Crippen molar-refractivity contribution >= 4 is 85.0 Å². The third-order valence-corrected chi connectivity index (χ3v) is 11.0. The molecule has 0 saturated heterocycles. The van der Waals surface area contributed by atoms with E-state index in [0.29, 0.717) is 38.9 Å². The first-order valence-electron chi connectivity index (χ1n) is 22.6. The van der Waals surface area contributed by atoms with E-state index in [4.69, 9.17) is 29.9 Å². The molecule has 7 rings (SSSR count). The highest BCUT2D eigenvalue weighted by molar-refractivity contribution is 5.99. The van der Waals surface area contributed by atoms with Crippen molar-refractivity contribution < 1.29 is 117 Å². The van der Waals surface area contributed by atoms with Gasteiger partial charge in [0.1, 0.15) is 23.0 Å². The molecule has 82 heavy (non-hydrogen) atoms. The first-order valence-corrected chi connectivity index (χ1v) is 22.6. The van der Waals surface area contributed by atoms with E-state index in [-0.39, 0.29) is 110 Å². The minimum atomic E-state index is -1.33. The molecule has 7 aromatic rings. The van der Waals surface area contributed by atoms with E-state index >= 15 is 0 Å². The van der Waals surface area contributed by atoms with E-state index in [1.54, 1.807) is 26.0 Å². The maximum atomic E-state index is 11.4. The van der Waals surface area contributed by atoms with Gasteiger partial charge in [0, 0.05) is 24.3 Å². The Balaban J connectivity index is 0.000000228. The van der Waals surface area contributed by atoms with Crippen LogP contribution in [0, 0.1) is 13.8 Å². The summed E-state index contributed by atoms with van der Waals surface area (Å²) in [5.41, 5.74) is 2.29. The van der Waals surface area contributed by atoms with Gasteiger partial charge in [0.2, 0.25) is 0 Å². The summed E-state index contributed by atoms with van der Waals surface area (Å²) in [4.78, 5) is 132. The zero-order chi connectivity index (χ0) is 60.5. The van der Waals surface area contributed by atoms with Crippen LogP contribution in [0.25, 0.3) is 33.4 Å². The molecule has 0 aliphatic carbocycles. The summed E-state index contributed by atoms with van der Waals surface area (Å²) in [5, 5.41) is 81.2. The predicted molar refractivity (Wildman–Crippen MR) is 278 cm³/mol. The number of ether oxygens (including phenoxy) is 4. The van der Waals surface area contributed by atoms with Gasteiger partial charge in [0.15, 0.2) is 0 Å². The largest absolute Gasteiger partial charge is 0.478 e. The lowest BCUT2D eigenvalue weighted by Crippen LogP contribution is -2.04. The van der Waals surface area contributed by atoms with Gasteiger partial charge in [0.05, 0.1) is 55.9 Å². The Morgan fingerprint density at radius 2 is 0.512 bits per heavy atom. The zero-order valence-electron chi connectivity index (χ0n) is 41.9. The molecule has 416 valence electrons. The van der Waals surface area contributed by atoms with Crippen molar-refractivity contribution in [3.05, 3.63) is 177 Å². The molecule has 8 N–H and O–H groups in total. The van der Waals surface area contributed by atoms with Crippen molar-refractivity contribution in [2.24, 2.45) is 10.2 Å². The average molecular weight is 1120 g/mol. The average Bonchev–Trinajstić information content (AvgIpc) is 3.29. The maximum absolute atomic E-state index is 11.4. The van der Waals surface area contributed by atoms with Crippen molar-refractivity contribution in [3.63, 3.8) is 0 Å². The summed E-state index contributed by atoms with van der Waals surface area (Å²) in [7, 11) is 0. The Kier molecular flexibility index (Phi) is 20.1. The number of carboxylic acids is 8. The minimum Gasteiger partial charge on any atom is -0.478 e. The molecule has 0 heterocycles. The quantitative estimate of drug-likeness (QED) is 0.0246. The van der Waals surface area contributed by atoms with Gasteiger partial charge in [-0.3, -0.25) is 19.2 Å². The van der Waals surface area contributed by atoms with Gasteiger partial charge in [-0.05, 0) is 143 Å². The number of carboxylic acid groups (broad SMARTS) is 8. The van der Waals surface area contributed by atoms with Crippen molar-refractivity contribution in [2.45, 2.75) is 13.8 Å². The van der Waals surface area contributed by atoms with Crippen molar-refractivity contribution in [3.8, 4) is 56.4 Å². The summed E-state index contributed by atoms with van der Waals surface area (Å²) in [6, 6.07) is 25.8. The number of azo groups is 1. The van der Waals surface area contributed by atoms with Crippen LogP contribution in [0.4, 0.5) is 11.4 Å². The molecule has 0 fully saturated rings. The molecule has 0 aromatic heterocycles. The number of benzene rings is 7. The lowest BCUT2D eigenvalue weighted by atomic mass is 9.89. The predicted octanol–water partition coefficient (Wildman–Crippen LogP) is 8.82. The van der Waals surface area contributed by atoms with Crippen LogP contribution in [0.3, 0.4) is 0 Å². The van der Waals surface area contributed by atoms with E-state index in [1.165, 1.54) is 72.8 Å². The fraction of sp³-hybridized carbons (Fsp3) is 0.0357. The van der Waals surface area contributed by atoms with Gasteiger partial charge in [-0.15, -0.1) is 0 Å². The van der Waals surface area contributed by atoms with Crippen LogP contribution in [0.5, 0.6) is 23.0 Å². The molecule has 7 aromatic carbocycles. The molecular weight excluding hydrogens is 1080 g/mol. The fourth-order valence-electron chi connectivity index (χ4n) is 7.42. The molecule has 0 spiro atoms. The van der Waals surface area contributed by atoms with Crippen LogP contribution in [-0.2, 0) is 19.2 Å². The SMILES string of the molecule is Cc1cc(-c2cc(C(=O)O)cc(C(=O)O)c2)c(C)cc1-c1cc(C(=O)O)cc(C(=O)O)c1.O=COc1cc(N=Nc2cc(C(=O)O)cc(C(=O)O)c2)cc(OC=O)c1.O=COc1cc(OC=O)cc(-c2cc(C(=O)O)cc(C(=O)O)c2)c1. The van der Waals surface area contributed by atoms with E-state index < -0.39 is 47.8 Å². The number of hydrogen-bond donors (Lipinski definition) is 8. The van der Waals surface area contributed by atoms with Gasteiger partial charge in [0.25, 0.3) is 25.9 Å². The van der Waals surface area contributed by atoms with Gasteiger partial charge in [-0.1, -0.05) is 12.1 Å². The standard InChI is InChI=1S/C24H18O8.C16H10N2O8.C16H10O8/c1-11-3-20(14-7-17(23(29)30)10-18(8-14)24(31)32)12(2)4-19(11)13-5-15(21(25)26)9-16(6-13)22(27)28;19-7-25-13-4-12(5-14(6-13)26-8-20)18-17-11-2-9(15(21)22)1-10(3-11)16(23)24;17-7-23-13-4-10(5-14(6-13)24-8-18)9-1-11(15(19)20)3-12(2-9)16(21)22/h3-10H,1-2H3,(H,25,26)(H,27,28)(H,29,30)(H,31,32);1-8H,(H,21,22)(H,23,24);1-8H,(H,19,20)(H,21,22). The third kappa shape index (κ3) is 16.2. The van der Waals surface area contributed by atoms with Crippen LogP contribution in [-0.4, -0.2) is 114 Å². The molecule has 0 radical (unpaired) electrons. The normalized spacial score (nSPS) is 10.3. The van der Waals surface area contributed by atoms with E-state index in [2.05, 4.69) is 19.7 Å². The Hall–Kier alpha value is -12.2. The van der Waals surface area contributed by atoms with Crippen molar-refractivity contribution in [2.75, 3.05) is 0 Å². The number of hydrogen-bond acceptors (Lipinski definition) is 18. The lowest BCUT2D eigenvalue weighted by molar-refractivity contribution is -0.122. The zero-order valence-corrected chi connectivity index (χ0v) is 41.9. The Bertz CT molecular complexity index is 3520. The summed E-state index contributed by atoms with van der Waals surface area (Å²) < 4.78 is 18.7. The molecule has 26 heteroatoms. The van der Waals surface area contributed by atoms with Crippen LogP contribution < -0.4 is 18.9 Å². The Morgan fingerprint density at radius 1 is 0.293 bits per heavy atom. The molecule has 0 amide bonds. The lowest BCUT2D eigenvalue weighted by Gasteiger charge is -2.15. The molecule has 0 saturated carbocycles. The first-order chi connectivity index (χ1) is 38.8. The molecule has 0 atom stereocenters. The van der Waals surface area contributed by atoms with Gasteiger partial charge < -0.3 is 59.8 Å². The monoisotopic (exact) mass is 1120 g/mol. The number of aromatic carboxylic acids is 8.